The third kappa shape index (κ3) is 7.90. The summed E-state index contributed by atoms with van der Waals surface area (Å²) in [7, 11) is 3.01. The fourth-order valence-corrected chi connectivity index (χ4v) is 6.41. The number of ether oxygens (including phenoxy) is 2. The van der Waals surface area contributed by atoms with Crippen molar-refractivity contribution in [3.05, 3.63) is 119 Å². The molecule has 0 fully saturated rings. The van der Waals surface area contributed by atoms with Crippen LogP contribution in [0.25, 0.3) is 10.8 Å². The van der Waals surface area contributed by atoms with E-state index in [1.54, 1.807) is 24.3 Å². The fraction of sp³-hybridized carbons (Fsp3) is 0.308. The minimum atomic E-state index is -0.901. The van der Waals surface area contributed by atoms with Crippen LogP contribution in [0.5, 0.6) is 23.0 Å². The number of hydrogen-bond donors (Lipinski definition) is 4. The molecule has 0 bridgehead atoms. The first kappa shape index (κ1) is 32.6. The zero-order valence-corrected chi connectivity index (χ0v) is 26.7. The van der Waals surface area contributed by atoms with E-state index in [2.05, 4.69) is 36.2 Å². The van der Waals surface area contributed by atoms with Gasteiger partial charge in [-0.25, -0.2) is 0 Å². The van der Waals surface area contributed by atoms with Crippen LogP contribution in [-0.4, -0.2) is 46.4 Å². The highest BCUT2D eigenvalue weighted by Gasteiger charge is 2.28. The quantitative estimate of drug-likeness (QED) is 0.100. The predicted octanol–water partition coefficient (Wildman–Crippen LogP) is 6.98. The lowest BCUT2D eigenvalue weighted by molar-refractivity contribution is -0.125. The molecule has 0 aliphatic heterocycles. The van der Waals surface area contributed by atoms with Crippen LogP contribution in [0.4, 0.5) is 0 Å². The first-order chi connectivity index (χ1) is 22.3. The van der Waals surface area contributed by atoms with E-state index in [0.29, 0.717) is 37.2 Å². The number of carbonyl (C=O) groups is 1. The maximum Gasteiger partial charge on any atom is 0.160 e. The van der Waals surface area contributed by atoms with Crippen LogP contribution in [0.15, 0.2) is 91.3 Å². The molecule has 0 aliphatic carbocycles. The molecule has 4 N–H and O–H groups in total. The van der Waals surface area contributed by atoms with Gasteiger partial charge in [-0.05, 0) is 107 Å². The van der Waals surface area contributed by atoms with Gasteiger partial charge < -0.3 is 29.8 Å². The number of aromatic nitrogens is 1. The third-order valence-corrected chi connectivity index (χ3v) is 8.91. The number of Topliss-reactive ketones (excluding diaryl/α,β-unsaturated/α-hetero) is 1. The summed E-state index contributed by atoms with van der Waals surface area (Å²) >= 11 is 0. The Bertz CT molecular complexity index is 1760. The number of aliphatic hydroxyl groups is 1. The molecule has 7 heteroatoms. The molecular weight excluding hydrogens is 578 g/mol. The van der Waals surface area contributed by atoms with E-state index in [9.17, 15) is 20.1 Å². The second kappa shape index (κ2) is 15.0. The molecule has 0 saturated carbocycles. The Hall–Kier alpha value is -4.75. The molecule has 5 aromatic rings. The van der Waals surface area contributed by atoms with Crippen molar-refractivity contribution in [2.24, 2.45) is 11.8 Å². The summed E-state index contributed by atoms with van der Waals surface area (Å²) in [5, 5.41) is 34.3. The number of methoxy groups -OCH3 is 2. The Balaban J connectivity index is 1.43. The zero-order valence-electron chi connectivity index (χ0n) is 26.7. The maximum atomic E-state index is 14.2. The smallest absolute Gasteiger partial charge is 0.160 e. The number of benzene rings is 4. The molecule has 46 heavy (non-hydrogen) atoms. The number of aryl methyl sites for hydroxylation is 1. The number of ketones is 1. The van der Waals surface area contributed by atoms with E-state index in [1.165, 1.54) is 25.2 Å². The molecule has 1 heterocycles. The summed E-state index contributed by atoms with van der Waals surface area (Å²) in [6.07, 6.45) is 5.77. The van der Waals surface area contributed by atoms with Crippen molar-refractivity contribution in [3.63, 3.8) is 0 Å². The highest BCUT2D eigenvalue weighted by molar-refractivity contribution is 5.87. The van der Waals surface area contributed by atoms with Crippen LogP contribution in [0.2, 0.25) is 0 Å². The van der Waals surface area contributed by atoms with Crippen LogP contribution in [-0.2, 0) is 36.9 Å². The topological polar surface area (TPSA) is 112 Å². The van der Waals surface area contributed by atoms with Gasteiger partial charge in [0.2, 0.25) is 0 Å². The van der Waals surface area contributed by atoms with Crippen LogP contribution < -0.4 is 9.47 Å². The fourth-order valence-electron chi connectivity index (χ4n) is 6.41. The molecule has 240 valence electrons. The van der Waals surface area contributed by atoms with Crippen molar-refractivity contribution >= 4 is 16.6 Å². The number of rotatable bonds is 15. The number of phenolic OH excluding ortho intramolecular Hbond substituents is 2. The number of fused-ring (bicyclic) bond motifs is 1. The highest BCUT2D eigenvalue weighted by Crippen LogP contribution is 2.32. The molecule has 0 radical (unpaired) electrons. The number of phenols is 2. The monoisotopic (exact) mass is 621 g/mol. The van der Waals surface area contributed by atoms with Crippen LogP contribution >= 0.6 is 0 Å². The Morgan fingerprint density at radius 2 is 1.39 bits per heavy atom. The van der Waals surface area contributed by atoms with E-state index in [-0.39, 0.29) is 29.6 Å². The van der Waals surface area contributed by atoms with E-state index >= 15 is 0 Å². The van der Waals surface area contributed by atoms with Crippen molar-refractivity contribution in [1.29, 1.82) is 0 Å². The van der Waals surface area contributed by atoms with Gasteiger partial charge in [0.1, 0.15) is 5.78 Å². The first-order valence-corrected chi connectivity index (χ1v) is 15.8. The number of carbonyl (C=O) groups excluding carboxylic acids is 1. The van der Waals surface area contributed by atoms with Crippen LogP contribution in [0.1, 0.15) is 41.2 Å². The largest absolute Gasteiger partial charge is 0.504 e. The molecule has 3 unspecified atom stereocenters. The molecule has 4 aromatic carbocycles. The van der Waals surface area contributed by atoms with Gasteiger partial charge in [-0.3, -0.25) is 4.79 Å². The highest BCUT2D eigenvalue weighted by atomic mass is 16.5. The maximum absolute atomic E-state index is 14.2. The van der Waals surface area contributed by atoms with Crippen LogP contribution in [0, 0.1) is 11.8 Å². The average molecular weight is 622 g/mol. The molecule has 0 aliphatic rings. The van der Waals surface area contributed by atoms with Gasteiger partial charge in [-0.1, -0.05) is 55.5 Å². The van der Waals surface area contributed by atoms with Crippen molar-refractivity contribution in [1.82, 2.24) is 4.98 Å². The van der Waals surface area contributed by atoms with Gasteiger partial charge >= 0.3 is 0 Å². The Labute approximate surface area is 270 Å². The van der Waals surface area contributed by atoms with Gasteiger partial charge in [-0.15, -0.1) is 0 Å². The normalized spacial score (nSPS) is 13.3. The summed E-state index contributed by atoms with van der Waals surface area (Å²) in [6.45, 7) is 2.14. The molecule has 5 rings (SSSR count). The van der Waals surface area contributed by atoms with E-state index < -0.39 is 12.0 Å². The first-order valence-electron chi connectivity index (χ1n) is 15.8. The van der Waals surface area contributed by atoms with E-state index in [0.717, 1.165) is 34.1 Å². The molecule has 7 nitrogen and oxygen atoms in total. The number of aromatic amines is 1. The second-order valence-corrected chi connectivity index (χ2v) is 12.1. The Kier molecular flexibility index (Phi) is 10.7. The van der Waals surface area contributed by atoms with Crippen molar-refractivity contribution < 1.29 is 29.6 Å². The zero-order chi connectivity index (χ0) is 32.6. The van der Waals surface area contributed by atoms with Gasteiger partial charge in [-0.2, -0.15) is 0 Å². The number of aliphatic hydroxyl groups excluding tert-OH is 1. The standard InChI is InChI=1S/C39H43NO6/c1-4-29-18-28(19-30-7-5-6-8-33(29)30)20-32(16-26-10-12-35(42)39(22-26)46-3)37(44)23-36(43)31(17-27-13-14-40-24-27)15-25-9-11-34(41)38(21-25)45-2/h5-14,18-19,21-22,24,31-32,36,40-43H,4,15-17,20,23H2,1-3H3. The second-order valence-electron chi connectivity index (χ2n) is 12.1. The number of hydrogen-bond acceptors (Lipinski definition) is 6. The number of H-pyrrole nitrogens is 1. The van der Waals surface area contributed by atoms with Gasteiger partial charge in [0.05, 0.1) is 20.3 Å². The Morgan fingerprint density at radius 3 is 2.02 bits per heavy atom. The average Bonchev–Trinajstić information content (AvgIpc) is 3.58. The van der Waals surface area contributed by atoms with E-state index in [4.69, 9.17) is 9.47 Å². The third-order valence-electron chi connectivity index (χ3n) is 8.91. The summed E-state index contributed by atoms with van der Waals surface area (Å²) in [5.41, 5.74) is 5.13. The summed E-state index contributed by atoms with van der Waals surface area (Å²) in [5.74, 6) is 0.150. The summed E-state index contributed by atoms with van der Waals surface area (Å²) in [6, 6.07) is 25.0. The predicted molar refractivity (Wildman–Crippen MR) is 181 cm³/mol. The van der Waals surface area contributed by atoms with Crippen molar-refractivity contribution in [3.8, 4) is 23.0 Å². The lowest BCUT2D eigenvalue weighted by atomic mass is 9.81. The minimum absolute atomic E-state index is 0.00158. The molecular formula is C39H43NO6. The lowest BCUT2D eigenvalue weighted by Gasteiger charge is -2.25. The van der Waals surface area contributed by atoms with Crippen molar-refractivity contribution in [2.75, 3.05) is 14.2 Å². The Morgan fingerprint density at radius 1 is 0.761 bits per heavy atom. The molecule has 3 atom stereocenters. The molecule has 0 spiro atoms. The van der Waals surface area contributed by atoms with Gasteiger partial charge in [0.15, 0.2) is 23.0 Å². The molecule has 1 aromatic heterocycles. The summed E-state index contributed by atoms with van der Waals surface area (Å²) in [4.78, 5) is 17.3. The van der Waals surface area contributed by atoms with Crippen LogP contribution in [0.3, 0.4) is 0 Å². The molecule has 0 saturated heterocycles. The SMILES string of the molecule is CCc1cc(CC(Cc2ccc(O)c(OC)c2)C(=O)CC(O)C(Cc2cc[nH]c2)Cc2ccc(O)c(OC)c2)cc2ccccc12. The van der Waals surface area contributed by atoms with Crippen molar-refractivity contribution in [2.45, 2.75) is 51.6 Å². The molecule has 0 amide bonds. The minimum Gasteiger partial charge on any atom is -0.504 e. The number of nitrogens with one attached hydrogen (secondary N) is 1. The van der Waals surface area contributed by atoms with Gasteiger partial charge in [0, 0.05) is 24.7 Å². The van der Waals surface area contributed by atoms with E-state index in [1.807, 2.05) is 42.7 Å². The lowest BCUT2D eigenvalue weighted by Crippen LogP contribution is -2.31. The van der Waals surface area contributed by atoms with Gasteiger partial charge in [0.25, 0.3) is 0 Å². The summed E-state index contributed by atoms with van der Waals surface area (Å²) < 4.78 is 10.7. The number of aromatic hydroxyl groups is 2.